The lowest BCUT2D eigenvalue weighted by Crippen LogP contribution is -2.23. The SMILES string of the molecule is CCOC(=O)CCC(CP(CCC(=O)OCC)CCC(=O)OCC)C(=O)OCC. The Morgan fingerprint density at radius 3 is 1.48 bits per heavy atom. The summed E-state index contributed by atoms with van der Waals surface area (Å²) in [5.41, 5.74) is 0. The molecule has 0 amide bonds. The Morgan fingerprint density at radius 2 is 1.07 bits per heavy atom. The van der Waals surface area contributed by atoms with Gasteiger partial charge in [0, 0.05) is 19.3 Å². The molecule has 1 unspecified atom stereocenters. The summed E-state index contributed by atoms with van der Waals surface area (Å²) < 4.78 is 20.1. The zero-order valence-electron chi connectivity index (χ0n) is 18.1. The van der Waals surface area contributed by atoms with E-state index in [1.54, 1.807) is 27.7 Å². The fraction of sp³-hybridized carbons (Fsp3) is 0.800. The first-order chi connectivity index (χ1) is 13.9. The number of hydrogen-bond acceptors (Lipinski definition) is 8. The number of esters is 4. The van der Waals surface area contributed by atoms with Crippen LogP contribution in [0.5, 0.6) is 0 Å². The van der Waals surface area contributed by atoms with E-state index < -0.39 is 13.8 Å². The van der Waals surface area contributed by atoms with E-state index in [4.69, 9.17) is 18.9 Å². The van der Waals surface area contributed by atoms with Gasteiger partial charge in [0.25, 0.3) is 0 Å². The molecule has 0 saturated heterocycles. The van der Waals surface area contributed by atoms with Gasteiger partial charge in [-0.25, -0.2) is 0 Å². The number of carbonyl (C=O) groups is 4. The van der Waals surface area contributed by atoms with E-state index in [9.17, 15) is 19.2 Å². The fourth-order valence-corrected chi connectivity index (χ4v) is 5.18. The summed E-state index contributed by atoms with van der Waals surface area (Å²) in [6, 6.07) is 0. The quantitative estimate of drug-likeness (QED) is 0.207. The molecule has 0 aliphatic heterocycles. The van der Waals surface area contributed by atoms with Crippen LogP contribution in [0.25, 0.3) is 0 Å². The van der Waals surface area contributed by atoms with Crippen molar-refractivity contribution in [3.8, 4) is 0 Å². The topological polar surface area (TPSA) is 105 Å². The van der Waals surface area contributed by atoms with Crippen LogP contribution in [-0.4, -0.2) is 68.8 Å². The van der Waals surface area contributed by atoms with Gasteiger partial charge in [0.2, 0.25) is 0 Å². The van der Waals surface area contributed by atoms with E-state index in [2.05, 4.69) is 0 Å². The van der Waals surface area contributed by atoms with Crippen LogP contribution >= 0.6 is 7.92 Å². The summed E-state index contributed by atoms with van der Waals surface area (Å²) in [5, 5.41) is 0. The van der Waals surface area contributed by atoms with Gasteiger partial charge in [-0.3, -0.25) is 19.2 Å². The summed E-state index contributed by atoms with van der Waals surface area (Å²) in [7, 11) is -0.823. The molecule has 29 heavy (non-hydrogen) atoms. The Labute approximate surface area is 174 Å². The van der Waals surface area contributed by atoms with Gasteiger partial charge in [0.1, 0.15) is 0 Å². The van der Waals surface area contributed by atoms with Gasteiger partial charge in [0.05, 0.1) is 32.3 Å². The molecular weight excluding hydrogens is 399 g/mol. The molecule has 9 heteroatoms. The Hall–Kier alpha value is -1.69. The van der Waals surface area contributed by atoms with Crippen LogP contribution in [0.2, 0.25) is 0 Å². The fourth-order valence-electron chi connectivity index (χ4n) is 2.64. The molecule has 0 fully saturated rings. The van der Waals surface area contributed by atoms with Gasteiger partial charge in [-0.15, -0.1) is 7.92 Å². The van der Waals surface area contributed by atoms with Gasteiger partial charge in [-0.1, -0.05) is 0 Å². The van der Waals surface area contributed by atoms with E-state index in [0.29, 0.717) is 38.1 Å². The highest BCUT2D eigenvalue weighted by Crippen LogP contribution is 2.40. The van der Waals surface area contributed by atoms with E-state index in [1.165, 1.54) is 0 Å². The van der Waals surface area contributed by atoms with Gasteiger partial charge in [-0.2, -0.15) is 0 Å². The molecule has 8 nitrogen and oxygen atoms in total. The molecule has 0 rings (SSSR count). The first-order valence-electron chi connectivity index (χ1n) is 10.2. The number of rotatable bonds is 16. The maximum atomic E-state index is 12.4. The van der Waals surface area contributed by atoms with Crippen molar-refractivity contribution in [1.82, 2.24) is 0 Å². The molecule has 0 aromatic carbocycles. The van der Waals surface area contributed by atoms with Crippen molar-refractivity contribution in [2.24, 2.45) is 5.92 Å². The zero-order chi connectivity index (χ0) is 22.1. The summed E-state index contributed by atoms with van der Waals surface area (Å²) in [5.74, 6) is -1.79. The van der Waals surface area contributed by atoms with Crippen LogP contribution in [-0.2, 0) is 38.1 Å². The normalized spacial score (nSPS) is 11.6. The van der Waals surface area contributed by atoms with Crippen LogP contribution in [0.4, 0.5) is 0 Å². The lowest BCUT2D eigenvalue weighted by Gasteiger charge is -2.23. The van der Waals surface area contributed by atoms with Gasteiger partial charge >= 0.3 is 23.9 Å². The molecular formula is C20H35O8P. The monoisotopic (exact) mass is 434 g/mol. The molecule has 0 saturated carbocycles. The number of carbonyl (C=O) groups excluding carboxylic acids is 4. The van der Waals surface area contributed by atoms with Crippen molar-refractivity contribution in [3.63, 3.8) is 0 Å². The maximum Gasteiger partial charge on any atom is 0.309 e. The van der Waals surface area contributed by atoms with Crippen molar-refractivity contribution in [3.05, 3.63) is 0 Å². The highest BCUT2D eigenvalue weighted by Gasteiger charge is 2.26. The molecule has 0 aliphatic rings. The highest BCUT2D eigenvalue weighted by atomic mass is 31.1. The summed E-state index contributed by atoms with van der Waals surface area (Å²) in [4.78, 5) is 47.6. The molecule has 0 bridgehead atoms. The van der Waals surface area contributed by atoms with E-state index in [-0.39, 0.29) is 56.4 Å². The first kappa shape index (κ1) is 27.3. The molecule has 0 aromatic rings. The second kappa shape index (κ2) is 17.2. The Kier molecular flexibility index (Phi) is 16.2. The molecule has 0 N–H and O–H groups in total. The van der Waals surface area contributed by atoms with Crippen LogP contribution in [0.15, 0.2) is 0 Å². The number of ether oxygens (including phenoxy) is 4. The summed E-state index contributed by atoms with van der Waals surface area (Å²) in [6.45, 7) is 8.10. The Morgan fingerprint density at radius 1 is 0.655 bits per heavy atom. The van der Waals surface area contributed by atoms with Crippen molar-refractivity contribution in [2.75, 3.05) is 44.9 Å². The van der Waals surface area contributed by atoms with Gasteiger partial charge in [0.15, 0.2) is 0 Å². The second-order valence-electron chi connectivity index (χ2n) is 6.20. The minimum Gasteiger partial charge on any atom is -0.466 e. The Balaban J connectivity index is 5.03. The molecule has 0 aliphatic carbocycles. The lowest BCUT2D eigenvalue weighted by atomic mass is 10.1. The molecule has 0 radical (unpaired) electrons. The average Bonchev–Trinajstić information content (AvgIpc) is 2.67. The van der Waals surface area contributed by atoms with Crippen molar-refractivity contribution in [1.29, 1.82) is 0 Å². The molecule has 0 aromatic heterocycles. The number of hydrogen-bond donors (Lipinski definition) is 0. The van der Waals surface area contributed by atoms with Gasteiger partial charge < -0.3 is 18.9 Å². The summed E-state index contributed by atoms with van der Waals surface area (Å²) >= 11 is 0. The molecule has 168 valence electrons. The maximum absolute atomic E-state index is 12.4. The standard InChI is InChI=1S/C20H35O8P/c1-5-25-17(21)10-9-16(20(24)28-8-4)15-29(13-11-18(22)26-6-2)14-12-19(23)27-7-3/h16H,5-15H2,1-4H3. The predicted molar refractivity (Wildman–Crippen MR) is 110 cm³/mol. The van der Waals surface area contributed by atoms with Crippen molar-refractivity contribution in [2.45, 2.75) is 53.4 Å². The minimum atomic E-state index is -0.823. The highest BCUT2D eigenvalue weighted by molar-refractivity contribution is 7.57. The second-order valence-corrected chi connectivity index (χ2v) is 8.80. The van der Waals surface area contributed by atoms with Crippen LogP contribution in [0.1, 0.15) is 53.4 Å². The smallest absolute Gasteiger partial charge is 0.309 e. The van der Waals surface area contributed by atoms with Crippen LogP contribution in [0.3, 0.4) is 0 Å². The average molecular weight is 434 g/mol. The molecule has 0 heterocycles. The third-order valence-corrected chi connectivity index (χ3v) is 6.65. The van der Waals surface area contributed by atoms with E-state index in [0.717, 1.165) is 0 Å². The van der Waals surface area contributed by atoms with Crippen molar-refractivity contribution < 1.29 is 38.1 Å². The minimum absolute atomic E-state index is 0.121. The third kappa shape index (κ3) is 14.0. The van der Waals surface area contributed by atoms with Gasteiger partial charge in [-0.05, 0) is 52.6 Å². The molecule has 1 atom stereocenters. The predicted octanol–water partition coefficient (Wildman–Crippen LogP) is 2.90. The van der Waals surface area contributed by atoms with Crippen molar-refractivity contribution >= 4 is 31.8 Å². The van der Waals surface area contributed by atoms with Crippen LogP contribution < -0.4 is 0 Å². The van der Waals surface area contributed by atoms with Crippen LogP contribution in [0, 0.1) is 5.92 Å². The first-order valence-corrected chi connectivity index (χ1v) is 12.1. The van der Waals surface area contributed by atoms with E-state index in [1.807, 2.05) is 0 Å². The zero-order valence-corrected chi connectivity index (χ0v) is 19.0. The summed E-state index contributed by atoms with van der Waals surface area (Å²) in [6.07, 6.45) is 2.47. The molecule has 0 spiro atoms. The lowest BCUT2D eigenvalue weighted by molar-refractivity contribution is -0.148. The third-order valence-electron chi connectivity index (χ3n) is 3.98. The van der Waals surface area contributed by atoms with E-state index >= 15 is 0 Å². The largest absolute Gasteiger partial charge is 0.466 e. The Bertz CT molecular complexity index is 487.